The molecule has 0 saturated carbocycles. The van der Waals surface area contributed by atoms with Gasteiger partial charge in [-0.1, -0.05) is 72.8 Å². The molecule has 4 rings (SSSR count). The maximum absolute atomic E-state index is 8.63. The molecule has 4 aromatic carbocycles. The lowest BCUT2D eigenvalue weighted by molar-refractivity contribution is 0.475. The molecular formula is C24H26ClO6P. The number of phenolic OH excluding ortho intramolecular Hbond substituents is 4. The average Bonchev–Trinajstić information content (AvgIpc) is 2.77. The Morgan fingerprint density at radius 3 is 0.562 bits per heavy atom. The predicted molar refractivity (Wildman–Crippen MR) is 130 cm³/mol. The molecule has 6 nitrogen and oxygen atoms in total. The Morgan fingerprint density at radius 1 is 0.375 bits per heavy atom. The monoisotopic (exact) mass is 476 g/mol. The van der Waals surface area contributed by atoms with Crippen LogP contribution in [-0.4, -0.2) is 30.2 Å². The van der Waals surface area contributed by atoms with Crippen molar-refractivity contribution < 1.29 is 30.2 Å². The number of hydrogen-bond donors (Lipinski definition) is 6. The van der Waals surface area contributed by atoms with Gasteiger partial charge in [0.15, 0.2) is 0 Å². The van der Waals surface area contributed by atoms with Gasteiger partial charge in [0.1, 0.15) is 23.0 Å². The Hall–Kier alpha value is -3.28. The Labute approximate surface area is 193 Å². The van der Waals surface area contributed by atoms with Crippen LogP contribution in [0.25, 0.3) is 0 Å². The van der Waals surface area contributed by atoms with E-state index >= 15 is 0 Å². The van der Waals surface area contributed by atoms with E-state index in [9.17, 15) is 0 Å². The van der Waals surface area contributed by atoms with Crippen LogP contribution in [0.15, 0.2) is 121 Å². The summed E-state index contributed by atoms with van der Waals surface area (Å²) < 4.78 is 0. The van der Waals surface area contributed by atoms with E-state index in [2.05, 4.69) is 11.2 Å². The zero-order valence-electron chi connectivity index (χ0n) is 17.1. The highest BCUT2D eigenvalue weighted by Crippen LogP contribution is 2.27. The highest BCUT2D eigenvalue weighted by atomic mass is 35.7. The molecule has 6 N–H and O–H groups in total. The molecule has 0 atom stereocenters. The SMILES string of the molecule is OP(O)Cl.Oc1ccccc1.Oc1ccccc1.Oc1ccccc1.Oc1ccccc1. The molecule has 0 aliphatic heterocycles. The van der Waals surface area contributed by atoms with Crippen LogP contribution in [-0.2, 0) is 0 Å². The number of rotatable bonds is 0. The van der Waals surface area contributed by atoms with E-state index in [4.69, 9.17) is 30.2 Å². The van der Waals surface area contributed by atoms with Crippen molar-refractivity contribution in [2.45, 2.75) is 0 Å². The van der Waals surface area contributed by atoms with Crippen LogP contribution in [0.4, 0.5) is 0 Å². The molecule has 4 aromatic rings. The highest BCUT2D eigenvalue weighted by Gasteiger charge is 1.78. The van der Waals surface area contributed by atoms with Gasteiger partial charge >= 0.3 is 0 Å². The smallest absolute Gasteiger partial charge is 0.271 e. The fourth-order valence-electron chi connectivity index (χ4n) is 1.71. The van der Waals surface area contributed by atoms with E-state index in [1.165, 1.54) is 0 Å². The van der Waals surface area contributed by atoms with Gasteiger partial charge in [-0.05, 0) is 59.8 Å². The lowest BCUT2D eigenvalue weighted by Crippen LogP contribution is -1.56. The second-order valence-corrected chi connectivity index (χ2v) is 6.97. The predicted octanol–water partition coefficient (Wildman–Crippen LogP) is 6.01. The number of para-hydroxylation sites is 4. The summed E-state index contributed by atoms with van der Waals surface area (Å²) in [6.45, 7) is 0. The van der Waals surface area contributed by atoms with Crippen LogP contribution in [0.1, 0.15) is 0 Å². The van der Waals surface area contributed by atoms with Crippen LogP contribution in [0.3, 0.4) is 0 Å². The first-order valence-corrected chi connectivity index (χ1v) is 11.3. The molecule has 0 radical (unpaired) electrons. The lowest BCUT2D eigenvalue weighted by Gasteiger charge is -1.82. The van der Waals surface area contributed by atoms with E-state index in [-0.39, 0.29) is 0 Å². The van der Waals surface area contributed by atoms with Crippen molar-refractivity contribution in [3.05, 3.63) is 121 Å². The molecule has 0 aliphatic rings. The van der Waals surface area contributed by atoms with Crippen LogP contribution < -0.4 is 0 Å². The van der Waals surface area contributed by atoms with E-state index in [0.717, 1.165) is 0 Å². The quantitative estimate of drug-likeness (QED) is 0.173. The van der Waals surface area contributed by atoms with Gasteiger partial charge in [-0.15, -0.1) is 0 Å². The first-order chi connectivity index (χ1) is 15.3. The van der Waals surface area contributed by atoms with Gasteiger partial charge in [0.05, 0.1) is 0 Å². The van der Waals surface area contributed by atoms with Crippen molar-refractivity contribution in [2.24, 2.45) is 0 Å². The summed E-state index contributed by atoms with van der Waals surface area (Å²) in [6, 6.07) is 34.9. The maximum Gasteiger partial charge on any atom is 0.271 e. The van der Waals surface area contributed by atoms with Gasteiger partial charge in [0.2, 0.25) is 0 Å². The fraction of sp³-hybridized carbons (Fsp3) is 0. The molecule has 0 aliphatic carbocycles. The summed E-state index contributed by atoms with van der Waals surface area (Å²) in [5.41, 5.74) is 0. The molecule has 0 heterocycles. The molecule has 8 heteroatoms. The van der Waals surface area contributed by atoms with E-state index < -0.39 is 7.73 Å². The summed E-state index contributed by atoms with van der Waals surface area (Å²) in [6.07, 6.45) is 0. The van der Waals surface area contributed by atoms with Gasteiger partial charge in [-0.2, -0.15) is 0 Å². The van der Waals surface area contributed by atoms with Gasteiger partial charge < -0.3 is 30.2 Å². The van der Waals surface area contributed by atoms with Crippen LogP contribution in [0, 0.1) is 0 Å². The molecule has 170 valence electrons. The second-order valence-electron chi connectivity index (χ2n) is 5.58. The number of halogens is 1. The molecule has 0 spiro atoms. The topological polar surface area (TPSA) is 121 Å². The van der Waals surface area contributed by atoms with E-state index in [0.29, 0.717) is 23.0 Å². The van der Waals surface area contributed by atoms with Crippen molar-refractivity contribution in [3.8, 4) is 23.0 Å². The normalized spacial score (nSPS) is 8.62. The second kappa shape index (κ2) is 19.7. The standard InChI is InChI=1S/4C6H6O.ClH2O2P/c4*7-6-4-2-1-3-5-6;1-4(2)3/h4*1-5,7H;2-3H. The minimum atomic E-state index is -2.15. The molecule has 0 aromatic heterocycles. The van der Waals surface area contributed by atoms with Crippen LogP contribution in [0.5, 0.6) is 23.0 Å². The van der Waals surface area contributed by atoms with Gasteiger partial charge in [-0.3, -0.25) is 0 Å². The van der Waals surface area contributed by atoms with E-state index in [1.54, 1.807) is 97.1 Å². The third-order valence-electron chi connectivity index (χ3n) is 3.02. The first kappa shape index (κ1) is 28.7. The molecule has 0 fully saturated rings. The first-order valence-electron chi connectivity index (χ1n) is 9.11. The number of hydrogen-bond acceptors (Lipinski definition) is 6. The fourth-order valence-corrected chi connectivity index (χ4v) is 1.71. The third-order valence-corrected chi connectivity index (χ3v) is 3.02. The largest absolute Gasteiger partial charge is 0.508 e. The van der Waals surface area contributed by atoms with Crippen molar-refractivity contribution >= 4 is 19.0 Å². The minimum Gasteiger partial charge on any atom is -0.508 e. The minimum absolute atomic E-state index is 0.322. The van der Waals surface area contributed by atoms with Gasteiger partial charge in [0.25, 0.3) is 7.73 Å². The molecular weight excluding hydrogens is 451 g/mol. The average molecular weight is 477 g/mol. The third kappa shape index (κ3) is 21.4. The Morgan fingerprint density at radius 2 is 0.500 bits per heavy atom. The molecule has 0 amide bonds. The summed E-state index contributed by atoms with van der Waals surface area (Å²) in [5.74, 6) is 1.29. The molecule has 0 unspecified atom stereocenters. The molecule has 0 saturated heterocycles. The summed E-state index contributed by atoms with van der Waals surface area (Å²) in [4.78, 5) is 14.9. The summed E-state index contributed by atoms with van der Waals surface area (Å²) in [5, 5.41) is 34.5. The van der Waals surface area contributed by atoms with Crippen LogP contribution >= 0.6 is 19.0 Å². The zero-order chi connectivity index (χ0) is 24.0. The summed E-state index contributed by atoms with van der Waals surface area (Å²) in [7, 11) is -2.15. The Kier molecular flexibility index (Phi) is 17.7. The summed E-state index contributed by atoms with van der Waals surface area (Å²) >= 11 is 4.45. The number of phenols is 4. The van der Waals surface area contributed by atoms with Gasteiger partial charge in [0, 0.05) is 0 Å². The van der Waals surface area contributed by atoms with Crippen molar-refractivity contribution in [3.63, 3.8) is 0 Å². The molecule has 0 bridgehead atoms. The molecule has 32 heavy (non-hydrogen) atoms. The van der Waals surface area contributed by atoms with Gasteiger partial charge in [-0.25, -0.2) is 0 Å². The van der Waals surface area contributed by atoms with Crippen molar-refractivity contribution in [2.75, 3.05) is 0 Å². The van der Waals surface area contributed by atoms with Crippen molar-refractivity contribution in [1.29, 1.82) is 0 Å². The van der Waals surface area contributed by atoms with E-state index in [1.807, 2.05) is 24.3 Å². The lowest BCUT2D eigenvalue weighted by atomic mass is 10.3. The Balaban J connectivity index is 0.000000380. The Bertz CT molecular complexity index is 746. The zero-order valence-corrected chi connectivity index (χ0v) is 18.7. The maximum atomic E-state index is 8.63. The van der Waals surface area contributed by atoms with Crippen LogP contribution in [0.2, 0.25) is 0 Å². The number of benzene rings is 4. The number of aromatic hydroxyl groups is 4. The van der Waals surface area contributed by atoms with Crippen molar-refractivity contribution in [1.82, 2.24) is 0 Å². The highest BCUT2D eigenvalue weighted by molar-refractivity contribution is 7.74.